The third-order valence-electron chi connectivity index (χ3n) is 7.73. The van der Waals surface area contributed by atoms with Crippen molar-refractivity contribution in [2.75, 3.05) is 6.61 Å². The Bertz CT molecular complexity index is 1580. The van der Waals surface area contributed by atoms with Gasteiger partial charge < -0.3 is 41.2 Å². The molecule has 0 aromatic heterocycles. The van der Waals surface area contributed by atoms with Gasteiger partial charge in [-0.2, -0.15) is 0 Å². The number of carbonyl (C=O) groups excluding carboxylic acids is 6. The largest absolute Gasteiger partial charge is 0.480 e. The molecule has 0 saturated heterocycles. The van der Waals surface area contributed by atoms with Gasteiger partial charge in [-0.1, -0.05) is 48.5 Å². The van der Waals surface area contributed by atoms with E-state index in [-0.39, 0.29) is 12.5 Å². The number of ether oxygens (including phenoxy) is 2. The van der Waals surface area contributed by atoms with Crippen LogP contribution in [-0.4, -0.2) is 89.2 Å². The van der Waals surface area contributed by atoms with E-state index in [1.165, 1.54) is 27.7 Å². The van der Waals surface area contributed by atoms with E-state index >= 15 is 0 Å². The van der Waals surface area contributed by atoms with Gasteiger partial charge in [0.2, 0.25) is 23.6 Å². The maximum Gasteiger partial charge on any atom is 0.407 e. The van der Waals surface area contributed by atoms with Gasteiger partial charge in [-0.3, -0.25) is 24.0 Å². The molecule has 0 unspecified atom stereocenters. The molecule has 0 aliphatic heterocycles. The molecule has 0 bridgehead atoms. The van der Waals surface area contributed by atoms with Crippen molar-refractivity contribution in [1.29, 1.82) is 0 Å². The maximum atomic E-state index is 12.7. The van der Waals surface area contributed by atoms with Gasteiger partial charge in [0.05, 0.1) is 6.42 Å². The molecule has 3 rings (SSSR count). The van der Waals surface area contributed by atoms with Crippen LogP contribution in [-0.2, 0) is 38.2 Å². The first-order valence-electron chi connectivity index (χ1n) is 16.2. The van der Waals surface area contributed by atoms with Crippen LogP contribution in [0.3, 0.4) is 0 Å². The van der Waals surface area contributed by atoms with Crippen LogP contribution in [0.15, 0.2) is 48.5 Å². The predicted octanol–water partition coefficient (Wildman–Crippen LogP) is 1.73. The normalized spacial score (nSPS) is 15.0. The highest BCUT2D eigenvalue weighted by molar-refractivity contribution is 5.95. The summed E-state index contributed by atoms with van der Waals surface area (Å²) in [5.74, 6) is -5.53. The third kappa shape index (κ3) is 10.8. The molecule has 0 fully saturated rings. The van der Waals surface area contributed by atoms with E-state index in [2.05, 4.69) is 26.6 Å². The van der Waals surface area contributed by atoms with Gasteiger partial charge in [-0.15, -0.1) is 0 Å². The monoisotopic (exact) mass is 695 g/mol. The van der Waals surface area contributed by atoms with Gasteiger partial charge in [-0.25, -0.2) is 9.59 Å². The minimum Gasteiger partial charge on any atom is -0.480 e. The molecule has 0 radical (unpaired) electrons. The number of hydrogen-bond donors (Lipinski definition) is 6. The maximum absolute atomic E-state index is 12.7. The first kappa shape index (κ1) is 39.0. The summed E-state index contributed by atoms with van der Waals surface area (Å²) in [5.41, 5.74) is 3.37. The van der Waals surface area contributed by atoms with E-state index in [1.807, 2.05) is 48.5 Å². The van der Waals surface area contributed by atoms with Crippen molar-refractivity contribution in [1.82, 2.24) is 26.6 Å². The number of rotatable bonds is 14. The molecule has 1 aliphatic rings. The molecule has 15 heteroatoms. The fraction of sp³-hybridized carbons (Fsp3) is 0.457. The molecule has 6 N–H and O–H groups in total. The topological polar surface area (TPSA) is 218 Å². The summed E-state index contributed by atoms with van der Waals surface area (Å²) >= 11 is 0. The van der Waals surface area contributed by atoms with Crippen LogP contribution in [0.5, 0.6) is 0 Å². The molecule has 50 heavy (non-hydrogen) atoms. The Morgan fingerprint density at radius 1 is 0.660 bits per heavy atom. The number of aliphatic carboxylic acids is 1. The summed E-state index contributed by atoms with van der Waals surface area (Å²) in [7, 11) is 0. The zero-order valence-corrected chi connectivity index (χ0v) is 29.1. The molecule has 15 nitrogen and oxygen atoms in total. The van der Waals surface area contributed by atoms with Crippen molar-refractivity contribution < 1.29 is 48.1 Å². The number of esters is 1. The summed E-state index contributed by atoms with van der Waals surface area (Å²) in [4.78, 5) is 86.9. The molecule has 2 aromatic rings. The summed E-state index contributed by atoms with van der Waals surface area (Å²) in [5, 5.41) is 21.3. The Morgan fingerprint density at radius 3 is 1.48 bits per heavy atom. The fourth-order valence-electron chi connectivity index (χ4n) is 5.14. The molecule has 0 heterocycles. The molecule has 1 aliphatic carbocycles. The van der Waals surface area contributed by atoms with Gasteiger partial charge in [0, 0.05) is 5.92 Å². The number of amides is 5. The summed E-state index contributed by atoms with van der Waals surface area (Å²) in [6.45, 7) is 10.3. The molecule has 5 atom stereocenters. The van der Waals surface area contributed by atoms with E-state index in [4.69, 9.17) is 9.47 Å². The summed E-state index contributed by atoms with van der Waals surface area (Å²) in [6.07, 6.45) is -1.44. The predicted molar refractivity (Wildman–Crippen MR) is 181 cm³/mol. The van der Waals surface area contributed by atoms with Gasteiger partial charge in [-0.05, 0) is 70.7 Å². The summed E-state index contributed by atoms with van der Waals surface area (Å²) in [6, 6.07) is 9.57. The van der Waals surface area contributed by atoms with Crippen LogP contribution in [0, 0.1) is 0 Å². The van der Waals surface area contributed by atoms with Gasteiger partial charge >= 0.3 is 18.0 Å². The van der Waals surface area contributed by atoms with E-state index in [0.717, 1.165) is 22.3 Å². The lowest BCUT2D eigenvalue weighted by atomic mass is 9.98. The quantitative estimate of drug-likeness (QED) is 0.157. The SMILES string of the molecule is C[C@H](NC(=O)OCC1c2ccccc2-c2ccccc21)C(=O)N[C@@H](C)C(=O)N[C@@H](C)C(=O)N[C@@H](C)C(=O)N[C@@H](CC(=O)OC(C)(C)C)C(=O)O. The van der Waals surface area contributed by atoms with Crippen molar-refractivity contribution in [3.63, 3.8) is 0 Å². The molecule has 270 valence electrons. The molecule has 0 saturated carbocycles. The van der Waals surface area contributed by atoms with E-state index in [0.29, 0.717) is 0 Å². The fourth-order valence-corrected chi connectivity index (χ4v) is 5.14. The van der Waals surface area contributed by atoms with Crippen LogP contribution in [0.1, 0.15) is 71.9 Å². The molecule has 0 spiro atoms. The van der Waals surface area contributed by atoms with Crippen molar-refractivity contribution in [2.24, 2.45) is 0 Å². The smallest absolute Gasteiger partial charge is 0.407 e. The molecular formula is C35H45N5O10. The first-order valence-corrected chi connectivity index (χ1v) is 16.2. The number of fused-ring (bicyclic) bond motifs is 3. The van der Waals surface area contributed by atoms with Gasteiger partial charge in [0.15, 0.2) is 0 Å². The van der Waals surface area contributed by atoms with E-state index in [9.17, 15) is 38.7 Å². The van der Waals surface area contributed by atoms with E-state index in [1.54, 1.807) is 20.8 Å². The summed E-state index contributed by atoms with van der Waals surface area (Å²) < 4.78 is 10.6. The van der Waals surface area contributed by atoms with Crippen molar-refractivity contribution in [2.45, 2.75) is 96.6 Å². The second-order valence-corrected chi connectivity index (χ2v) is 13.1. The van der Waals surface area contributed by atoms with Crippen LogP contribution >= 0.6 is 0 Å². The number of carboxylic acids is 1. The van der Waals surface area contributed by atoms with Crippen molar-refractivity contribution in [3.8, 4) is 11.1 Å². The highest BCUT2D eigenvalue weighted by Gasteiger charge is 2.31. The van der Waals surface area contributed by atoms with Crippen LogP contribution in [0.4, 0.5) is 4.79 Å². The van der Waals surface area contributed by atoms with Crippen molar-refractivity contribution >= 4 is 41.7 Å². The van der Waals surface area contributed by atoms with Gasteiger partial charge in [0.1, 0.15) is 42.4 Å². The van der Waals surface area contributed by atoms with Crippen LogP contribution in [0.2, 0.25) is 0 Å². The van der Waals surface area contributed by atoms with Crippen LogP contribution < -0.4 is 26.6 Å². The molecular weight excluding hydrogens is 650 g/mol. The number of carboxylic acid groups (broad SMARTS) is 1. The Morgan fingerprint density at radius 2 is 1.06 bits per heavy atom. The van der Waals surface area contributed by atoms with Crippen molar-refractivity contribution in [3.05, 3.63) is 59.7 Å². The zero-order valence-electron chi connectivity index (χ0n) is 29.1. The highest BCUT2D eigenvalue weighted by atomic mass is 16.6. The number of hydrogen-bond acceptors (Lipinski definition) is 9. The lowest BCUT2D eigenvalue weighted by Gasteiger charge is -2.23. The zero-order chi connectivity index (χ0) is 37.3. The average Bonchev–Trinajstić information content (AvgIpc) is 3.35. The lowest BCUT2D eigenvalue weighted by molar-refractivity contribution is -0.158. The molecule has 5 amide bonds. The number of nitrogens with one attached hydrogen (secondary N) is 5. The molecule has 2 aromatic carbocycles. The Balaban J connectivity index is 1.43. The Labute approximate surface area is 290 Å². The lowest BCUT2D eigenvalue weighted by Crippen LogP contribution is -2.57. The van der Waals surface area contributed by atoms with E-state index < -0.39 is 83.9 Å². The average molecular weight is 696 g/mol. The second kappa shape index (κ2) is 16.8. The standard InChI is InChI=1S/C35H45N5O10/c1-18(30(43)38-20(3)32(45)40-27(33(46)47)16-28(41)50-35(5,6)7)36-29(42)19(2)37-31(44)21(4)39-34(48)49-17-26-24-14-10-8-12-22(24)23-13-9-11-15-25(23)26/h8-15,18-21,26-27H,16-17H2,1-7H3,(H,36,42)(H,37,44)(H,38,43)(H,39,48)(H,40,45)(H,46,47)/t18-,19-,20-,21-,27-/m0/s1. The number of alkyl carbamates (subject to hydrolysis) is 1. The first-order chi connectivity index (χ1) is 23.4. The Kier molecular flexibility index (Phi) is 13.1. The van der Waals surface area contributed by atoms with Gasteiger partial charge in [0.25, 0.3) is 0 Å². The number of carbonyl (C=O) groups is 7. The minimum absolute atomic E-state index is 0.0550. The second-order valence-electron chi connectivity index (χ2n) is 13.1. The number of benzene rings is 2. The minimum atomic E-state index is -1.60. The van der Waals surface area contributed by atoms with Crippen LogP contribution in [0.25, 0.3) is 11.1 Å². The highest BCUT2D eigenvalue weighted by Crippen LogP contribution is 2.44. The Hall–Kier alpha value is -5.47. The third-order valence-corrected chi connectivity index (χ3v) is 7.73.